The van der Waals surface area contributed by atoms with Gasteiger partial charge in [0.2, 0.25) is 0 Å². The molecule has 1 aromatic rings. The van der Waals surface area contributed by atoms with Crippen molar-refractivity contribution < 1.29 is 38.4 Å². The summed E-state index contributed by atoms with van der Waals surface area (Å²) in [7, 11) is 1.31. The highest BCUT2D eigenvalue weighted by molar-refractivity contribution is 6.09. The van der Waals surface area contributed by atoms with Gasteiger partial charge in [0.1, 0.15) is 28.4 Å². The Morgan fingerprint density at radius 1 is 1.07 bits per heavy atom. The van der Waals surface area contributed by atoms with Crippen molar-refractivity contribution in [3.8, 4) is 17.2 Å². The third-order valence-electron chi connectivity index (χ3n) is 10.0. The molecule has 0 unspecified atom stereocenters. The lowest BCUT2D eigenvalue weighted by Crippen LogP contribution is -2.76. The van der Waals surface area contributed by atoms with Crippen LogP contribution in [0.2, 0.25) is 0 Å². The van der Waals surface area contributed by atoms with E-state index < -0.39 is 40.2 Å². The normalized spacial score (nSPS) is 32.8. The molecule has 4 fully saturated rings. The maximum atomic E-state index is 14.7. The summed E-state index contributed by atoms with van der Waals surface area (Å²) in [5.41, 5.74) is -1.56. The van der Waals surface area contributed by atoms with Crippen molar-refractivity contribution in [3.05, 3.63) is 46.1 Å². The van der Waals surface area contributed by atoms with Crippen LogP contribution in [-0.4, -0.2) is 52.2 Å². The van der Waals surface area contributed by atoms with Crippen LogP contribution in [0.3, 0.4) is 0 Å². The minimum Gasteiger partial charge on any atom is -0.506 e. The lowest BCUT2D eigenvalue weighted by atomic mass is 9.46. The van der Waals surface area contributed by atoms with Crippen molar-refractivity contribution in [2.24, 2.45) is 17.8 Å². The van der Waals surface area contributed by atoms with Crippen molar-refractivity contribution in [2.45, 2.75) is 96.6 Å². The highest BCUT2D eigenvalue weighted by Crippen LogP contribution is 2.70. The van der Waals surface area contributed by atoms with Gasteiger partial charge in [0.05, 0.1) is 24.2 Å². The average molecular weight is 577 g/mol. The van der Waals surface area contributed by atoms with E-state index in [4.69, 9.17) is 18.9 Å². The molecule has 3 aliphatic heterocycles. The topological polar surface area (TPSA) is 108 Å². The van der Waals surface area contributed by atoms with Crippen molar-refractivity contribution in [1.29, 1.82) is 0 Å². The van der Waals surface area contributed by atoms with Crippen LogP contribution in [0.15, 0.2) is 29.4 Å². The Labute approximate surface area is 246 Å². The molecule has 224 valence electrons. The van der Waals surface area contributed by atoms with E-state index >= 15 is 0 Å². The number of methoxy groups -OCH3 is 1. The number of phenolic OH excluding ortho intramolecular Hbond substituents is 1. The molecule has 3 heterocycles. The molecule has 3 aliphatic carbocycles. The van der Waals surface area contributed by atoms with Crippen molar-refractivity contribution in [3.63, 3.8) is 0 Å². The number of ketones is 2. The molecule has 0 aromatic heterocycles. The van der Waals surface area contributed by atoms with E-state index in [0.717, 1.165) is 5.57 Å². The van der Waals surface area contributed by atoms with Crippen LogP contribution >= 0.6 is 0 Å². The van der Waals surface area contributed by atoms with Crippen LogP contribution < -0.4 is 9.47 Å². The van der Waals surface area contributed by atoms with E-state index in [1.807, 2.05) is 59.8 Å². The quantitative estimate of drug-likeness (QED) is 0.271. The molecule has 1 saturated heterocycles. The van der Waals surface area contributed by atoms with Gasteiger partial charge < -0.3 is 24.1 Å². The Kier molecular flexibility index (Phi) is 6.19. The molecule has 5 atom stereocenters. The van der Waals surface area contributed by atoms with Gasteiger partial charge in [-0.25, -0.2) is 4.79 Å². The van der Waals surface area contributed by atoms with Crippen LogP contribution in [0, 0.1) is 17.8 Å². The van der Waals surface area contributed by atoms with E-state index in [2.05, 4.69) is 0 Å². The van der Waals surface area contributed by atoms with Crippen LogP contribution in [0.25, 0.3) is 6.08 Å². The highest BCUT2D eigenvalue weighted by Gasteiger charge is 2.83. The molecule has 0 amide bonds. The second-order valence-corrected chi connectivity index (χ2v) is 13.8. The summed E-state index contributed by atoms with van der Waals surface area (Å²) in [4.78, 5) is 41.3. The van der Waals surface area contributed by atoms with E-state index in [-0.39, 0.29) is 41.0 Å². The minimum absolute atomic E-state index is 0.0643. The van der Waals surface area contributed by atoms with Crippen molar-refractivity contribution in [2.75, 3.05) is 7.11 Å². The maximum absolute atomic E-state index is 14.7. The number of rotatable bonds is 5. The Morgan fingerprint density at radius 3 is 2.45 bits per heavy atom. The van der Waals surface area contributed by atoms with Gasteiger partial charge in [0.25, 0.3) is 0 Å². The summed E-state index contributed by atoms with van der Waals surface area (Å²) in [5, 5.41) is 11.6. The molecule has 7 rings (SSSR count). The summed E-state index contributed by atoms with van der Waals surface area (Å²) in [5.74, 6) is -1.64. The lowest BCUT2D eigenvalue weighted by Gasteiger charge is -2.60. The first-order valence-corrected chi connectivity index (χ1v) is 14.8. The van der Waals surface area contributed by atoms with Gasteiger partial charge in [-0.3, -0.25) is 9.59 Å². The summed E-state index contributed by atoms with van der Waals surface area (Å²) in [6, 6.07) is 0. The molecular weight excluding hydrogens is 536 g/mol. The number of carbonyl (C=O) groups excluding carboxylic acids is 3. The second kappa shape index (κ2) is 9.06. The predicted molar refractivity (Wildman–Crippen MR) is 156 cm³/mol. The molecule has 4 bridgehead atoms. The number of esters is 1. The summed E-state index contributed by atoms with van der Waals surface area (Å²) < 4.78 is 25.3. The maximum Gasteiger partial charge on any atom is 0.333 e. The van der Waals surface area contributed by atoms with E-state index in [1.165, 1.54) is 7.11 Å². The van der Waals surface area contributed by atoms with E-state index in [9.17, 15) is 19.5 Å². The summed E-state index contributed by atoms with van der Waals surface area (Å²) in [6.07, 6.45) is 8.72. The Hall–Kier alpha value is -3.39. The SMILES string of the molecule is COC(=O)/C(C)=C\C[C@@]12OC(C)(C)[C@@H]3C[C@@H](C[C@H]4C(=O)c5c(O)c6c(c(CC=C(C)C)c5O[C@]431)OC(C)(C)C=C6)C2=O. The number of Topliss-reactive ketones (excluding diaryl/α,β-unsaturated/α-hetero) is 2. The number of aromatic hydroxyl groups is 1. The zero-order valence-electron chi connectivity index (χ0n) is 25.7. The third kappa shape index (κ3) is 3.66. The molecule has 0 radical (unpaired) electrons. The summed E-state index contributed by atoms with van der Waals surface area (Å²) in [6.45, 7) is 13.4. The van der Waals surface area contributed by atoms with Crippen molar-refractivity contribution >= 4 is 23.6 Å². The van der Waals surface area contributed by atoms with E-state index in [0.29, 0.717) is 41.7 Å². The smallest absolute Gasteiger partial charge is 0.333 e. The van der Waals surface area contributed by atoms with Gasteiger partial charge in [-0.1, -0.05) is 17.7 Å². The fourth-order valence-corrected chi connectivity index (χ4v) is 8.17. The van der Waals surface area contributed by atoms with Gasteiger partial charge in [-0.15, -0.1) is 0 Å². The number of phenols is 1. The number of allylic oxidation sites excluding steroid dienone is 2. The average Bonchev–Trinajstić information content (AvgIpc) is 3.07. The zero-order chi connectivity index (χ0) is 30.6. The Bertz CT molecular complexity index is 1520. The number of hydrogen-bond acceptors (Lipinski definition) is 8. The van der Waals surface area contributed by atoms with Crippen LogP contribution in [0.1, 0.15) is 89.2 Å². The number of fused-ring (bicyclic) bond motifs is 2. The van der Waals surface area contributed by atoms with Crippen LogP contribution in [-0.2, 0) is 25.5 Å². The van der Waals surface area contributed by atoms with Gasteiger partial charge in [0.15, 0.2) is 22.8 Å². The number of benzene rings is 1. The standard InChI is InChI=1S/C34H40O8/c1-17(2)9-10-21-27-20(12-13-31(4,5)40-27)25(35)24-26(36)22-15-19-16-23-32(6,7)42-33(29(19)37,34(22,23)41-28(21)24)14-11-18(3)30(38)39-8/h9,11-13,19,22-23,35H,10,14-16H2,1-8H3/b18-11-/t19-,22+,23+,33+,34-/m1/s1. The molecule has 1 spiro atoms. The fourth-order valence-electron chi connectivity index (χ4n) is 8.17. The molecule has 1 aromatic carbocycles. The molecule has 6 aliphatic rings. The monoisotopic (exact) mass is 576 g/mol. The van der Waals surface area contributed by atoms with Gasteiger partial charge in [-0.05, 0) is 79.9 Å². The highest BCUT2D eigenvalue weighted by atomic mass is 16.6. The first-order valence-electron chi connectivity index (χ1n) is 14.8. The van der Waals surface area contributed by atoms with Gasteiger partial charge in [0, 0.05) is 29.4 Å². The summed E-state index contributed by atoms with van der Waals surface area (Å²) >= 11 is 0. The van der Waals surface area contributed by atoms with Crippen molar-refractivity contribution in [1.82, 2.24) is 0 Å². The number of hydrogen-bond donors (Lipinski definition) is 1. The molecule has 8 heteroatoms. The fraction of sp³-hybridized carbons (Fsp3) is 0.559. The van der Waals surface area contributed by atoms with Crippen LogP contribution in [0.4, 0.5) is 0 Å². The number of ether oxygens (including phenoxy) is 4. The Balaban J connectivity index is 1.62. The number of carbonyl (C=O) groups is 3. The van der Waals surface area contributed by atoms with Gasteiger partial charge >= 0.3 is 5.97 Å². The van der Waals surface area contributed by atoms with Crippen LogP contribution in [0.5, 0.6) is 17.2 Å². The predicted octanol–water partition coefficient (Wildman–Crippen LogP) is 5.68. The molecular formula is C34H40O8. The third-order valence-corrected chi connectivity index (χ3v) is 10.0. The molecule has 1 N–H and O–H groups in total. The molecule has 8 nitrogen and oxygen atoms in total. The van der Waals surface area contributed by atoms with Gasteiger partial charge in [-0.2, -0.15) is 0 Å². The first-order chi connectivity index (χ1) is 19.6. The zero-order valence-corrected chi connectivity index (χ0v) is 25.7. The molecule has 42 heavy (non-hydrogen) atoms. The van der Waals surface area contributed by atoms with E-state index in [1.54, 1.807) is 13.0 Å². The first kappa shape index (κ1) is 28.7. The second-order valence-electron chi connectivity index (χ2n) is 13.8. The Morgan fingerprint density at radius 2 is 1.79 bits per heavy atom. The minimum atomic E-state index is -1.49. The molecule has 3 saturated carbocycles. The lowest BCUT2D eigenvalue weighted by molar-refractivity contribution is -0.199. The largest absolute Gasteiger partial charge is 0.506 e.